The molecule has 4 N–H and O–H groups in total. The number of nitrogens with two attached hydrogens (primary N) is 1. The number of fused-ring (bicyclic) bond motifs is 1. The third-order valence-electron chi connectivity index (χ3n) is 2.84. The SMILES string of the molecule is CC(CC(F)(F)F)Nc1cc2c(cc1N)CC(=O)N2. The maximum Gasteiger partial charge on any atom is 0.391 e. The predicted molar refractivity (Wildman–Crippen MR) is 66.9 cm³/mol. The summed E-state index contributed by atoms with van der Waals surface area (Å²) in [4.78, 5) is 11.2. The maximum atomic E-state index is 12.3. The van der Waals surface area contributed by atoms with E-state index in [1.54, 1.807) is 12.1 Å². The van der Waals surface area contributed by atoms with Crippen molar-refractivity contribution >= 4 is 23.0 Å². The number of carbonyl (C=O) groups excluding carboxylic acids is 1. The van der Waals surface area contributed by atoms with Crippen molar-refractivity contribution in [1.82, 2.24) is 0 Å². The van der Waals surface area contributed by atoms with Gasteiger partial charge in [0.2, 0.25) is 5.91 Å². The van der Waals surface area contributed by atoms with E-state index < -0.39 is 18.6 Å². The van der Waals surface area contributed by atoms with Gasteiger partial charge in [0, 0.05) is 11.7 Å². The van der Waals surface area contributed by atoms with E-state index in [0.29, 0.717) is 17.1 Å². The zero-order chi connectivity index (χ0) is 14.2. The van der Waals surface area contributed by atoms with Gasteiger partial charge in [0.25, 0.3) is 0 Å². The minimum absolute atomic E-state index is 0.144. The molecular weight excluding hydrogens is 259 g/mol. The van der Waals surface area contributed by atoms with Gasteiger partial charge in [-0.05, 0) is 24.6 Å². The minimum Gasteiger partial charge on any atom is -0.397 e. The van der Waals surface area contributed by atoms with Crippen LogP contribution in [0.1, 0.15) is 18.9 Å². The third kappa shape index (κ3) is 3.30. The van der Waals surface area contributed by atoms with Crippen LogP contribution in [0.2, 0.25) is 0 Å². The molecule has 1 heterocycles. The highest BCUT2D eigenvalue weighted by atomic mass is 19.4. The maximum absolute atomic E-state index is 12.3. The zero-order valence-electron chi connectivity index (χ0n) is 10.3. The van der Waals surface area contributed by atoms with Gasteiger partial charge in [-0.15, -0.1) is 0 Å². The van der Waals surface area contributed by atoms with E-state index in [4.69, 9.17) is 5.73 Å². The van der Waals surface area contributed by atoms with E-state index in [1.165, 1.54) is 6.92 Å². The van der Waals surface area contributed by atoms with Crippen molar-refractivity contribution in [3.05, 3.63) is 17.7 Å². The molecule has 0 saturated carbocycles. The molecule has 1 aliphatic rings. The summed E-state index contributed by atoms with van der Waals surface area (Å²) in [5.41, 5.74) is 7.86. The monoisotopic (exact) mass is 273 g/mol. The van der Waals surface area contributed by atoms with Crippen molar-refractivity contribution in [3.8, 4) is 0 Å². The quantitative estimate of drug-likeness (QED) is 0.741. The highest BCUT2D eigenvalue weighted by molar-refractivity contribution is 6.00. The number of benzene rings is 1. The molecule has 2 rings (SSSR count). The van der Waals surface area contributed by atoms with Crippen LogP contribution in [-0.4, -0.2) is 18.1 Å². The Labute approximate surface area is 108 Å². The topological polar surface area (TPSA) is 67.1 Å². The van der Waals surface area contributed by atoms with Gasteiger partial charge in [-0.1, -0.05) is 0 Å². The molecule has 0 fully saturated rings. The lowest BCUT2D eigenvalue weighted by atomic mass is 10.1. The number of hydrogen-bond donors (Lipinski definition) is 3. The Morgan fingerprint density at radius 3 is 2.79 bits per heavy atom. The van der Waals surface area contributed by atoms with Gasteiger partial charge in [0.05, 0.1) is 24.2 Å². The molecular formula is C12H14F3N3O. The molecule has 0 aromatic heterocycles. The summed E-state index contributed by atoms with van der Waals surface area (Å²) < 4.78 is 36.8. The summed E-state index contributed by atoms with van der Waals surface area (Å²) in [7, 11) is 0. The summed E-state index contributed by atoms with van der Waals surface area (Å²) >= 11 is 0. The van der Waals surface area contributed by atoms with Crippen LogP contribution in [0.3, 0.4) is 0 Å². The number of halogens is 3. The zero-order valence-corrected chi connectivity index (χ0v) is 10.3. The van der Waals surface area contributed by atoms with Crippen molar-refractivity contribution in [2.75, 3.05) is 16.4 Å². The molecule has 4 nitrogen and oxygen atoms in total. The molecule has 1 aromatic rings. The number of anilines is 3. The average molecular weight is 273 g/mol. The molecule has 104 valence electrons. The lowest BCUT2D eigenvalue weighted by molar-refractivity contribution is -0.136. The predicted octanol–water partition coefficient (Wildman–Crippen LogP) is 2.52. The Kier molecular flexibility index (Phi) is 3.30. The number of alkyl halides is 3. The summed E-state index contributed by atoms with van der Waals surface area (Å²) in [5, 5.41) is 5.34. The number of amides is 1. The fraction of sp³-hybridized carbons (Fsp3) is 0.417. The lowest BCUT2D eigenvalue weighted by Crippen LogP contribution is -2.24. The standard InChI is InChI=1S/C12H14F3N3O/c1-6(5-12(13,14)15)17-10-4-9-7(2-8(10)16)3-11(19)18-9/h2,4,6,17H,3,5,16H2,1H3,(H,18,19). The van der Waals surface area contributed by atoms with Crippen molar-refractivity contribution in [1.29, 1.82) is 0 Å². The molecule has 0 bridgehead atoms. The molecule has 0 aliphatic carbocycles. The van der Waals surface area contributed by atoms with Crippen molar-refractivity contribution in [3.63, 3.8) is 0 Å². The summed E-state index contributed by atoms with van der Waals surface area (Å²) in [6.45, 7) is 1.43. The molecule has 7 heteroatoms. The van der Waals surface area contributed by atoms with E-state index >= 15 is 0 Å². The van der Waals surface area contributed by atoms with Crippen molar-refractivity contribution in [2.45, 2.75) is 32.0 Å². The van der Waals surface area contributed by atoms with Gasteiger partial charge in [0.1, 0.15) is 0 Å². The summed E-state index contributed by atoms with van der Waals surface area (Å²) in [6, 6.07) is 2.38. The van der Waals surface area contributed by atoms with Gasteiger partial charge in [-0.3, -0.25) is 4.79 Å². The van der Waals surface area contributed by atoms with E-state index in [0.717, 1.165) is 5.56 Å². The smallest absolute Gasteiger partial charge is 0.391 e. The average Bonchev–Trinajstić information content (AvgIpc) is 2.55. The summed E-state index contributed by atoms with van der Waals surface area (Å²) in [6.07, 6.45) is -4.93. The molecule has 1 atom stereocenters. The Hall–Kier alpha value is -1.92. The largest absolute Gasteiger partial charge is 0.397 e. The van der Waals surface area contributed by atoms with E-state index in [-0.39, 0.29) is 12.3 Å². The van der Waals surface area contributed by atoms with E-state index in [2.05, 4.69) is 10.6 Å². The van der Waals surface area contributed by atoms with Gasteiger partial charge >= 0.3 is 6.18 Å². The Bertz CT molecular complexity index is 514. The van der Waals surface area contributed by atoms with Gasteiger partial charge in [-0.25, -0.2) is 0 Å². The first-order chi connectivity index (χ1) is 8.74. The van der Waals surface area contributed by atoms with Gasteiger partial charge < -0.3 is 16.4 Å². The van der Waals surface area contributed by atoms with Gasteiger partial charge in [-0.2, -0.15) is 13.2 Å². The highest BCUT2D eigenvalue weighted by Gasteiger charge is 2.30. The fourth-order valence-corrected chi connectivity index (χ4v) is 2.08. The molecule has 0 spiro atoms. The van der Waals surface area contributed by atoms with Crippen LogP contribution in [0.25, 0.3) is 0 Å². The number of rotatable bonds is 3. The number of nitrogen functional groups attached to an aromatic ring is 1. The molecule has 19 heavy (non-hydrogen) atoms. The molecule has 1 amide bonds. The third-order valence-corrected chi connectivity index (χ3v) is 2.84. The number of carbonyl (C=O) groups is 1. The molecule has 0 saturated heterocycles. The lowest BCUT2D eigenvalue weighted by Gasteiger charge is -2.19. The normalized spacial score (nSPS) is 15.9. The van der Waals surface area contributed by atoms with Crippen LogP contribution >= 0.6 is 0 Å². The second kappa shape index (κ2) is 4.64. The van der Waals surface area contributed by atoms with Crippen LogP contribution < -0.4 is 16.4 Å². The first kappa shape index (κ1) is 13.5. The fourth-order valence-electron chi connectivity index (χ4n) is 2.08. The molecule has 1 aromatic carbocycles. The number of nitrogens with one attached hydrogen (secondary N) is 2. The Balaban J connectivity index is 2.14. The second-order valence-corrected chi connectivity index (χ2v) is 4.69. The minimum atomic E-state index is -4.23. The first-order valence-corrected chi connectivity index (χ1v) is 5.80. The van der Waals surface area contributed by atoms with Crippen LogP contribution in [0.5, 0.6) is 0 Å². The highest BCUT2D eigenvalue weighted by Crippen LogP contribution is 2.32. The Morgan fingerprint density at radius 2 is 2.16 bits per heavy atom. The van der Waals surface area contributed by atoms with Crippen molar-refractivity contribution in [2.24, 2.45) is 0 Å². The molecule has 1 unspecified atom stereocenters. The summed E-state index contributed by atoms with van der Waals surface area (Å²) in [5.74, 6) is -0.144. The van der Waals surface area contributed by atoms with Crippen LogP contribution in [0, 0.1) is 0 Å². The van der Waals surface area contributed by atoms with Crippen LogP contribution in [0.4, 0.5) is 30.2 Å². The van der Waals surface area contributed by atoms with Crippen LogP contribution in [-0.2, 0) is 11.2 Å². The molecule has 0 radical (unpaired) electrons. The van der Waals surface area contributed by atoms with Crippen molar-refractivity contribution < 1.29 is 18.0 Å². The van der Waals surface area contributed by atoms with Gasteiger partial charge in [0.15, 0.2) is 0 Å². The first-order valence-electron chi connectivity index (χ1n) is 5.80. The van der Waals surface area contributed by atoms with E-state index in [9.17, 15) is 18.0 Å². The van der Waals surface area contributed by atoms with E-state index in [1.807, 2.05) is 0 Å². The second-order valence-electron chi connectivity index (χ2n) is 4.69. The van der Waals surface area contributed by atoms with Crippen LogP contribution in [0.15, 0.2) is 12.1 Å². The number of hydrogen-bond acceptors (Lipinski definition) is 3. The molecule has 1 aliphatic heterocycles. The Morgan fingerprint density at radius 1 is 1.47 bits per heavy atom.